The summed E-state index contributed by atoms with van der Waals surface area (Å²) in [4.78, 5) is 12.6. The van der Waals surface area contributed by atoms with Gasteiger partial charge < -0.3 is 10.6 Å². The van der Waals surface area contributed by atoms with Crippen LogP contribution >= 0.6 is 57.7 Å². The lowest BCUT2D eigenvalue weighted by Crippen LogP contribution is -2.48. The average Bonchev–Trinajstić information content (AvgIpc) is 2.93. The highest BCUT2D eigenvalue weighted by Crippen LogP contribution is 2.31. The summed E-state index contributed by atoms with van der Waals surface area (Å²) in [6.07, 6.45) is -0.890. The van der Waals surface area contributed by atoms with E-state index in [1.807, 2.05) is 0 Å². The number of hydrogen-bond donors (Lipinski definition) is 2. The third-order valence-electron chi connectivity index (χ3n) is 2.50. The number of benzene rings is 1. The van der Waals surface area contributed by atoms with E-state index in [4.69, 9.17) is 46.4 Å². The Bertz CT molecular complexity index is 596. The molecule has 8 heteroatoms. The highest BCUT2D eigenvalue weighted by atomic mass is 35.6. The highest BCUT2D eigenvalue weighted by Gasteiger charge is 2.34. The normalized spacial score (nSPS) is 12.8. The molecular weight excluding hydrogens is 374 g/mol. The van der Waals surface area contributed by atoms with Crippen molar-refractivity contribution in [2.24, 2.45) is 0 Å². The second-order valence-corrected chi connectivity index (χ2v) is 7.83. The van der Waals surface area contributed by atoms with Gasteiger partial charge in [0.25, 0.3) is 5.91 Å². The van der Waals surface area contributed by atoms with Gasteiger partial charge in [-0.05, 0) is 35.7 Å². The molecule has 0 aliphatic rings. The van der Waals surface area contributed by atoms with E-state index >= 15 is 0 Å². The summed E-state index contributed by atoms with van der Waals surface area (Å²) in [6.45, 7) is 0. The Labute approximate surface area is 146 Å². The maximum atomic E-state index is 12.1. The molecule has 2 rings (SSSR count). The predicted molar refractivity (Wildman–Crippen MR) is 90.9 cm³/mol. The summed E-state index contributed by atoms with van der Waals surface area (Å²) >= 11 is 24.9. The molecule has 0 spiro atoms. The molecule has 1 amide bonds. The van der Waals surface area contributed by atoms with Crippen LogP contribution in [0.3, 0.4) is 0 Å². The van der Waals surface area contributed by atoms with Crippen molar-refractivity contribution < 1.29 is 4.79 Å². The van der Waals surface area contributed by atoms with Gasteiger partial charge in [0.05, 0.1) is 4.88 Å². The molecule has 0 saturated heterocycles. The van der Waals surface area contributed by atoms with Crippen LogP contribution in [0.25, 0.3) is 0 Å². The van der Waals surface area contributed by atoms with Crippen molar-refractivity contribution in [2.45, 2.75) is 9.96 Å². The number of alkyl halides is 3. The molecule has 1 aromatic heterocycles. The van der Waals surface area contributed by atoms with E-state index in [2.05, 4.69) is 10.6 Å². The predicted octanol–water partition coefficient (Wildman–Crippen LogP) is 4.94. The SMILES string of the molecule is O=C(N[C@H](Nc1ccc(Cl)cc1)C(Cl)(Cl)Cl)c1cccs1. The number of halogens is 4. The molecule has 21 heavy (non-hydrogen) atoms. The van der Waals surface area contributed by atoms with Gasteiger partial charge in [0.1, 0.15) is 6.17 Å². The summed E-state index contributed by atoms with van der Waals surface area (Å²) < 4.78 is -1.72. The Hall–Kier alpha value is -0.650. The molecule has 1 heterocycles. The van der Waals surface area contributed by atoms with Crippen molar-refractivity contribution >= 4 is 69.3 Å². The first-order chi connectivity index (χ1) is 9.86. The van der Waals surface area contributed by atoms with Crippen LogP contribution in [0.15, 0.2) is 41.8 Å². The maximum absolute atomic E-state index is 12.1. The summed E-state index contributed by atoms with van der Waals surface area (Å²) in [7, 11) is 0. The van der Waals surface area contributed by atoms with E-state index in [9.17, 15) is 4.79 Å². The molecule has 0 aliphatic heterocycles. The Morgan fingerprint density at radius 2 is 1.81 bits per heavy atom. The number of amides is 1. The number of rotatable bonds is 4. The second-order valence-electron chi connectivity index (χ2n) is 4.08. The minimum Gasteiger partial charge on any atom is -0.362 e. The van der Waals surface area contributed by atoms with Crippen molar-refractivity contribution in [3.05, 3.63) is 51.7 Å². The van der Waals surface area contributed by atoms with Crippen LogP contribution < -0.4 is 10.6 Å². The number of carbonyl (C=O) groups excluding carboxylic acids is 1. The molecule has 2 aromatic rings. The van der Waals surface area contributed by atoms with Crippen LogP contribution in [0.5, 0.6) is 0 Å². The first-order valence-corrected chi connectivity index (χ1v) is 8.18. The Morgan fingerprint density at radius 3 is 2.33 bits per heavy atom. The smallest absolute Gasteiger partial charge is 0.263 e. The summed E-state index contributed by atoms with van der Waals surface area (Å²) in [5.41, 5.74) is 0.669. The van der Waals surface area contributed by atoms with Crippen LogP contribution in [0.2, 0.25) is 5.02 Å². The quantitative estimate of drug-likeness (QED) is 0.579. The van der Waals surface area contributed by atoms with Crippen LogP contribution in [0.4, 0.5) is 5.69 Å². The Kier molecular flexibility index (Phi) is 5.63. The van der Waals surface area contributed by atoms with E-state index in [0.717, 1.165) is 0 Å². The van der Waals surface area contributed by atoms with E-state index in [-0.39, 0.29) is 5.91 Å². The maximum Gasteiger partial charge on any atom is 0.263 e. The summed E-state index contributed by atoms with van der Waals surface area (Å²) in [5.74, 6) is -0.317. The van der Waals surface area contributed by atoms with Gasteiger partial charge >= 0.3 is 0 Å². The highest BCUT2D eigenvalue weighted by molar-refractivity contribution is 7.12. The number of thiophene rings is 1. The van der Waals surface area contributed by atoms with Crippen molar-refractivity contribution in [3.63, 3.8) is 0 Å². The minimum absolute atomic E-state index is 0.317. The molecule has 112 valence electrons. The lowest BCUT2D eigenvalue weighted by Gasteiger charge is -2.27. The first kappa shape index (κ1) is 16.7. The van der Waals surface area contributed by atoms with E-state index in [1.165, 1.54) is 11.3 Å². The molecule has 1 aromatic carbocycles. The van der Waals surface area contributed by atoms with Gasteiger partial charge in [0.2, 0.25) is 3.79 Å². The summed E-state index contributed by atoms with van der Waals surface area (Å²) in [5, 5.41) is 8.00. The first-order valence-electron chi connectivity index (χ1n) is 5.79. The molecule has 0 saturated carbocycles. The molecular formula is C13H10Cl4N2OS. The summed E-state index contributed by atoms with van der Waals surface area (Å²) in [6, 6.07) is 10.3. The molecule has 0 radical (unpaired) electrons. The van der Waals surface area contributed by atoms with E-state index in [0.29, 0.717) is 15.6 Å². The van der Waals surface area contributed by atoms with Crippen molar-refractivity contribution in [2.75, 3.05) is 5.32 Å². The molecule has 0 aliphatic carbocycles. The number of anilines is 1. The molecule has 2 N–H and O–H groups in total. The zero-order valence-electron chi connectivity index (χ0n) is 10.4. The van der Waals surface area contributed by atoms with E-state index in [1.54, 1.807) is 41.8 Å². The minimum atomic E-state index is -1.72. The van der Waals surface area contributed by atoms with Crippen molar-refractivity contribution in [1.82, 2.24) is 5.32 Å². The topological polar surface area (TPSA) is 41.1 Å². The third-order valence-corrected chi connectivity index (χ3v) is 4.28. The van der Waals surface area contributed by atoms with Gasteiger partial charge in [-0.2, -0.15) is 0 Å². The zero-order valence-corrected chi connectivity index (χ0v) is 14.3. The standard InChI is InChI=1S/C13H10Cl4N2OS/c14-8-3-5-9(6-4-8)18-12(13(15,16)17)19-11(20)10-2-1-7-21-10/h1-7,12,18H,(H,19,20)/t12-/m0/s1. The zero-order chi connectivity index (χ0) is 15.5. The lowest BCUT2D eigenvalue weighted by atomic mass is 10.3. The third kappa shape index (κ3) is 4.94. The van der Waals surface area contributed by atoms with Gasteiger partial charge in [0.15, 0.2) is 0 Å². The fourth-order valence-corrected chi connectivity index (χ4v) is 2.60. The van der Waals surface area contributed by atoms with Crippen molar-refractivity contribution in [3.8, 4) is 0 Å². The molecule has 0 unspecified atom stereocenters. The Balaban J connectivity index is 2.12. The number of carbonyl (C=O) groups is 1. The van der Waals surface area contributed by atoms with Crippen molar-refractivity contribution in [1.29, 1.82) is 0 Å². The number of hydrogen-bond acceptors (Lipinski definition) is 3. The van der Waals surface area contributed by atoms with Gasteiger partial charge in [-0.3, -0.25) is 4.79 Å². The number of nitrogens with one attached hydrogen (secondary N) is 2. The van der Waals surface area contributed by atoms with Gasteiger partial charge in [-0.25, -0.2) is 0 Å². The van der Waals surface area contributed by atoms with Gasteiger partial charge in [-0.1, -0.05) is 52.5 Å². The fraction of sp³-hybridized carbons (Fsp3) is 0.154. The molecule has 0 bridgehead atoms. The van der Waals surface area contributed by atoms with Crippen LogP contribution in [-0.2, 0) is 0 Å². The van der Waals surface area contributed by atoms with Crippen LogP contribution in [-0.4, -0.2) is 15.9 Å². The fourth-order valence-electron chi connectivity index (χ4n) is 1.52. The molecule has 1 atom stereocenters. The van der Waals surface area contributed by atoms with Crippen LogP contribution in [0, 0.1) is 0 Å². The van der Waals surface area contributed by atoms with Gasteiger partial charge in [-0.15, -0.1) is 11.3 Å². The van der Waals surface area contributed by atoms with E-state index < -0.39 is 9.96 Å². The van der Waals surface area contributed by atoms with Crippen LogP contribution in [0.1, 0.15) is 9.67 Å². The molecule has 3 nitrogen and oxygen atoms in total. The molecule has 0 fully saturated rings. The largest absolute Gasteiger partial charge is 0.362 e. The second kappa shape index (κ2) is 7.07. The Morgan fingerprint density at radius 1 is 1.14 bits per heavy atom. The van der Waals surface area contributed by atoms with Gasteiger partial charge in [0, 0.05) is 10.7 Å². The monoisotopic (exact) mass is 382 g/mol. The average molecular weight is 384 g/mol. The lowest BCUT2D eigenvalue weighted by molar-refractivity contribution is 0.0946.